The van der Waals surface area contributed by atoms with Gasteiger partial charge in [-0.1, -0.05) is 29.3 Å². The van der Waals surface area contributed by atoms with Crippen molar-refractivity contribution < 1.29 is 9.90 Å². The second-order valence-corrected chi connectivity index (χ2v) is 4.72. The summed E-state index contributed by atoms with van der Waals surface area (Å²) in [5.74, 6) is -1.29. The fourth-order valence-electron chi connectivity index (χ4n) is 2.07. The van der Waals surface area contributed by atoms with Gasteiger partial charge < -0.3 is 10.4 Å². The van der Waals surface area contributed by atoms with Gasteiger partial charge in [-0.25, -0.2) is 0 Å². The first kappa shape index (κ1) is 11.7. The Hall–Kier alpha value is -0.770. The minimum absolute atomic E-state index is 0.0812. The topological polar surface area (TPSA) is 49.3 Å². The second kappa shape index (κ2) is 4.62. The lowest BCUT2D eigenvalue weighted by Crippen LogP contribution is -2.21. The number of hydrogen-bond donors (Lipinski definition) is 2. The van der Waals surface area contributed by atoms with Crippen LogP contribution in [0.1, 0.15) is 11.5 Å². The monoisotopic (exact) mass is 259 g/mol. The van der Waals surface area contributed by atoms with Gasteiger partial charge in [-0.3, -0.25) is 4.79 Å². The van der Waals surface area contributed by atoms with Crippen LogP contribution in [0.2, 0.25) is 10.0 Å². The van der Waals surface area contributed by atoms with Gasteiger partial charge in [0, 0.05) is 29.1 Å². The van der Waals surface area contributed by atoms with Crippen molar-refractivity contribution in [1.29, 1.82) is 0 Å². The molecule has 1 saturated heterocycles. The van der Waals surface area contributed by atoms with Crippen LogP contribution in [0.15, 0.2) is 18.2 Å². The van der Waals surface area contributed by atoms with Gasteiger partial charge in [0.25, 0.3) is 0 Å². The first-order valence-electron chi connectivity index (χ1n) is 4.98. The highest BCUT2D eigenvalue weighted by atomic mass is 35.5. The zero-order valence-corrected chi connectivity index (χ0v) is 9.92. The zero-order chi connectivity index (χ0) is 11.7. The average molecular weight is 260 g/mol. The smallest absolute Gasteiger partial charge is 0.308 e. The van der Waals surface area contributed by atoms with Gasteiger partial charge >= 0.3 is 5.97 Å². The minimum Gasteiger partial charge on any atom is -0.481 e. The van der Waals surface area contributed by atoms with Crippen LogP contribution >= 0.6 is 23.2 Å². The lowest BCUT2D eigenvalue weighted by molar-refractivity contribution is -0.141. The lowest BCUT2D eigenvalue weighted by atomic mass is 9.89. The highest BCUT2D eigenvalue weighted by Crippen LogP contribution is 2.34. The maximum atomic E-state index is 11.1. The van der Waals surface area contributed by atoms with E-state index in [1.54, 1.807) is 18.2 Å². The van der Waals surface area contributed by atoms with Gasteiger partial charge in [-0.2, -0.15) is 0 Å². The number of carbonyl (C=O) groups is 1. The SMILES string of the molecule is O=C(O)C1CNCC1c1ccc(Cl)cc1Cl. The summed E-state index contributed by atoms with van der Waals surface area (Å²) in [5.41, 5.74) is 0.850. The van der Waals surface area contributed by atoms with E-state index in [-0.39, 0.29) is 5.92 Å². The van der Waals surface area contributed by atoms with Crippen LogP contribution in [0.3, 0.4) is 0 Å². The molecule has 2 unspecified atom stereocenters. The van der Waals surface area contributed by atoms with Crippen molar-refractivity contribution >= 4 is 29.2 Å². The van der Waals surface area contributed by atoms with E-state index in [0.29, 0.717) is 23.1 Å². The molecule has 1 heterocycles. The van der Waals surface area contributed by atoms with E-state index in [1.165, 1.54) is 0 Å². The molecule has 86 valence electrons. The van der Waals surface area contributed by atoms with Crippen LogP contribution in [0.4, 0.5) is 0 Å². The molecule has 0 radical (unpaired) electrons. The highest BCUT2D eigenvalue weighted by Gasteiger charge is 2.34. The number of nitrogens with one attached hydrogen (secondary N) is 1. The molecule has 16 heavy (non-hydrogen) atoms. The molecule has 1 aliphatic rings. The van der Waals surface area contributed by atoms with Crippen LogP contribution in [0.5, 0.6) is 0 Å². The van der Waals surface area contributed by atoms with Crippen molar-refractivity contribution in [2.24, 2.45) is 5.92 Å². The summed E-state index contributed by atoms with van der Waals surface area (Å²) in [6.45, 7) is 1.12. The normalized spacial score (nSPS) is 24.6. The number of benzene rings is 1. The van der Waals surface area contributed by atoms with E-state index < -0.39 is 11.9 Å². The summed E-state index contributed by atoms with van der Waals surface area (Å²) in [6.07, 6.45) is 0. The number of aliphatic carboxylic acids is 1. The summed E-state index contributed by atoms with van der Waals surface area (Å²) in [5, 5.41) is 13.2. The largest absolute Gasteiger partial charge is 0.481 e. The third-order valence-electron chi connectivity index (χ3n) is 2.89. The van der Waals surface area contributed by atoms with Gasteiger partial charge in [0.15, 0.2) is 0 Å². The third-order valence-corrected chi connectivity index (χ3v) is 3.46. The fourth-order valence-corrected chi connectivity index (χ4v) is 2.62. The van der Waals surface area contributed by atoms with Crippen LogP contribution in [-0.2, 0) is 4.79 Å². The number of halogens is 2. The van der Waals surface area contributed by atoms with Crippen molar-refractivity contribution in [3.05, 3.63) is 33.8 Å². The van der Waals surface area contributed by atoms with Gasteiger partial charge in [0.1, 0.15) is 0 Å². The van der Waals surface area contributed by atoms with E-state index in [0.717, 1.165) is 5.56 Å². The Morgan fingerprint density at radius 1 is 1.38 bits per heavy atom. The maximum absolute atomic E-state index is 11.1. The molecule has 1 aliphatic heterocycles. The van der Waals surface area contributed by atoms with Crippen LogP contribution in [-0.4, -0.2) is 24.2 Å². The zero-order valence-electron chi connectivity index (χ0n) is 8.41. The fraction of sp³-hybridized carbons (Fsp3) is 0.364. The van der Waals surface area contributed by atoms with Crippen molar-refractivity contribution in [1.82, 2.24) is 5.32 Å². The lowest BCUT2D eigenvalue weighted by Gasteiger charge is -2.16. The Morgan fingerprint density at radius 2 is 2.12 bits per heavy atom. The molecule has 0 spiro atoms. The number of hydrogen-bond acceptors (Lipinski definition) is 2. The predicted octanol–water partition coefficient (Wildman–Crippen LogP) is 2.38. The number of carboxylic acid groups (broad SMARTS) is 1. The summed E-state index contributed by atoms with van der Waals surface area (Å²) < 4.78 is 0. The summed E-state index contributed by atoms with van der Waals surface area (Å²) in [4.78, 5) is 11.1. The number of carboxylic acids is 1. The van der Waals surface area contributed by atoms with Crippen molar-refractivity contribution in [2.75, 3.05) is 13.1 Å². The van der Waals surface area contributed by atoms with Gasteiger partial charge in [0.05, 0.1) is 5.92 Å². The van der Waals surface area contributed by atoms with E-state index in [2.05, 4.69) is 5.32 Å². The molecule has 0 amide bonds. The Labute approximate surface area is 103 Å². The Bertz CT molecular complexity index is 422. The maximum Gasteiger partial charge on any atom is 0.308 e. The van der Waals surface area contributed by atoms with Gasteiger partial charge in [-0.15, -0.1) is 0 Å². The minimum atomic E-state index is -0.791. The first-order valence-corrected chi connectivity index (χ1v) is 5.73. The average Bonchev–Trinajstić information content (AvgIpc) is 2.66. The standard InChI is InChI=1S/C11H11Cl2NO2/c12-6-1-2-7(10(13)3-6)8-4-14-5-9(8)11(15)16/h1-3,8-9,14H,4-5H2,(H,15,16). The Morgan fingerprint density at radius 3 is 2.75 bits per heavy atom. The molecule has 0 bridgehead atoms. The predicted molar refractivity (Wildman–Crippen MR) is 63.2 cm³/mol. The molecule has 0 saturated carbocycles. The summed E-state index contributed by atoms with van der Waals surface area (Å²) >= 11 is 11.9. The molecule has 0 aliphatic carbocycles. The highest BCUT2D eigenvalue weighted by molar-refractivity contribution is 6.35. The second-order valence-electron chi connectivity index (χ2n) is 3.88. The quantitative estimate of drug-likeness (QED) is 0.858. The molecule has 2 rings (SSSR count). The summed E-state index contributed by atoms with van der Waals surface area (Å²) in [7, 11) is 0. The van der Waals surface area contributed by atoms with E-state index >= 15 is 0 Å². The van der Waals surface area contributed by atoms with E-state index in [1.807, 2.05) is 0 Å². The van der Waals surface area contributed by atoms with E-state index in [4.69, 9.17) is 28.3 Å². The molecular formula is C11H11Cl2NO2. The van der Waals surface area contributed by atoms with Gasteiger partial charge in [0.2, 0.25) is 0 Å². The molecule has 3 nitrogen and oxygen atoms in total. The first-order chi connectivity index (χ1) is 7.59. The molecule has 0 aromatic heterocycles. The molecule has 2 atom stereocenters. The van der Waals surface area contributed by atoms with Crippen LogP contribution in [0, 0.1) is 5.92 Å². The van der Waals surface area contributed by atoms with E-state index in [9.17, 15) is 4.79 Å². The molecule has 1 aromatic carbocycles. The van der Waals surface area contributed by atoms with Crippen molar-refractivity contribution in [3.8, 4) is 0 Å². The Balaban J connectivity index is 2.32. The van der Waals surface area contributed by atoms with Gasteiger partial charge in [-0.05, 0) is 17.7 Å². The Kier molecular flexibility index (Phi) is 3.38. The van der Waals surface area contributed by atoms with Crippen LogP contribution in [0.25, 0.3) is 0 Å². The molecule has 1 aromatic rings. The molecule has 2 N–H and O–H groups in total. The third kappa shape index (κ3) is 2.17. The summed E-state index contributed by atoms with van der Waals surface area (Å²) in [6, 6.07) is 5.19. The van der Waals surface area contributed by atoms with Crippen LogP contribution < -0.4 is 5.32 Å². The molecular weight excluding hydrogens is 249 g/mol. The van der Waals surface area contributed by atoms with Crippen molar-refractivity contribution in [3.63, 3.8) is 0 Å². The molecule has 5 heteroatoms. The number of rotatable bonds is 2. The molecule has 1 fully saturated rings. The van der Waals surface area contributed by atoms with Crippen molar-refractivity contribution in [2.45, 2.75) is 5.92 Å².